The molecule has 4 heteroatoms. The molecule has 1 N–H and O–H groups in total. The van der Waals surface area contributed by atoms with E-state index in [4.69, 9.17) is 11.6 Å². The zero-order chi connectivity index (χ0) is 13.4. The van der Waals surface area contributed by atoms with Crippen LogP contribution < -0.4 is 0 Å². The van der Waals surface area contributed by atoms with Crippen LogP contribution in [0.25, 0.3) is 22.0 Å². The van der Waals surface area contributed by atoms with Crippen molar-refractivity contribution >= 4 is 22.5 Å². The average molecular weight is 278 g/mol. The molecule has 2 aromatic carbocycles. The molecule has 3 rings (SSSR count). The second kappa shape index (κ2) is 4.67. The molecule has 96 valence electrons. The van der Waals surface area contributed by atoms with Gasteiger partial charge in [0.05, 0.1) is 5.69 Å². The predicted octanol–water partition coefficient (Wildman–Crippen LogP) is 5.43. The summed E-state index contributed by atoms with van der Waals surface area (Å²) in [6.07, 6.45) is -2.54. The molecule has 0 aliphatic carbocycles. The fraction of sp³-hybridized carbons (Fsp3) is 0.0667. The smallest absolute Gasteiger partial charge is 0.278 e. The summed E-state index contributed by atoms with van der Waals surface area (Å²) >= 11 is 5.84. The number of hydrogen-bond acceptors (Lipinski definition) is 0. The van der Waals surface area contributed by atoms with E-state index in [0.29, 0.717) is 16.1 Å². The van der Waals surface area contributed by atoms with E-state index in [1.807, 2.05) is 18.2 Å². The SMILES string of the molecule is FC(F)c1[nH]c2ccccc2c1-c1ccc(Cl)cc1. The summed E-state index contributed by atoms with van der Waals surface area (Å²) in [4.78, 5) is 2.79. The third-order valence-electron chi connectivity index (χ3n) is 3.09. The molecule has 1 aromatic heterocycles. The predicted molar refractivity (Wildman–Crippen MR) is 73.7 cm³/mol. The lowest BCUT2D eigenvalue weighted by Crippen LogP contribution is -1.88. The van der Waals surface area contributed by atoms with Crippen LogP contribution >= 0.6 is 11.6 Å². The standard InChI is InChI=1S/C15H10ClF2N/c16-10-7-5-9(6-8-10)13-11-3-1-2-4-12(11)19-14(13)15(17)18/h1-8,15,19H. The van der Waals surface area contributed by atoms with E-state index in [9.17, 15) is 8.78 Å². The molecule has 3 aromatic rings. The average Bonchev–Trinajstić information content (AvgIpc) is 2.79. The van der Waals surface area contributed by atoms with Crippen molar-refractivity contribution in [2.45, 2.75) is 6.43 Å². The Balaban J connectivity index is 2.31. The number of fused-ring (bicyclic) bond motifs is 1. The molecule has 0 saturated heterocycles. The van der Waals surface area contributed by atoms with Gasteiger partial charge in [0, 0.05) is 21.5 Å². The highest BCUT2D eigenvalue weighted by molar-refractivity contribution is 6.30. The quantitative estimate of drug-likeness (QED) is 0.643. The van der Waals surface area contributed by atoms with Gasteiger partial charge in [-0.1, -0.05) is 41.9 Å². The largest absolute Gasteiger partial charge is 0.353 e. The number of nitrogens with one attached hydrogen (secondary N) is 1. The first-order valence-corrected chi connectivity index (χ1v) is 6.19. The lowest BCUT2D eigenvalue weighted by atomic mass is 10.0. The molecule has 0 aliphatic rings. The molecule has 0 spiro atoms. The highest BCUT2D eigenvalue weighted by Crippen LogP contribution is 2.37. The minimum atomic E-state index is -2.54. The molecule has 0 atom stereocenters. The molecular formula is C15H10ClF2N. The van der Waals surface area contributed by atoms with Gasteiger partial charge in [0.1, 0.15) is 0 Å². The molecule has 0 radical (unpaired) electrons. The number of hydrogen-bond donors (Lipinski definition) is 1. The summed E-state index contributed by atoms with van der Waals surface area (Å²) in [6.45, 7) is 0. The van der Waals surface area contributed by atoms with E-state index < -0.39 is 6.43 Å². The van der Waals surface area contributed by atoms with Crippen molar-refractivity contribution in [2.75, 3.05) is 0 Å². The highest BCUT2D eigenvalue weighted by Gasteiger charge is 2.19. The third kappa shape index (κ3) is 2.10. The van der Waals surface area contributed by atoms with E-state index in [0.717, 1.165) is 10.9 Å². The molecule has 0 fully saturated rings. The van der Waals surface area contributed by atoms with Gasteiger partial charge in [-0.05, 0) is 23.8 Å². The molecule has 1 heterocycles. The van der Waals surface area contributed by atoms with E-state index in [1.54, 1.807) is 30.3 Å². The number of halogens is 3. The zero-order valence-corrected chi connectivity index (χ0v) is 10.6. The van der Waals surface area contributed by atoms with Crippen molar-refractivity contribution < 1.29 is 8.78 Å². The van der Waals surface area contributed by atoms with Crippen LogP contribution in [0, 0.1) is 0 Å². The molecule has 0 saturated carbocycles. The molecule has 0 bridgehead atoms. The van der Waals surface area contributed by atoms with Crippen LogP contribution in [0.4, 0.5) is 8.78 Å². The van der Waals surface area contributed by atoms with E-state index >= 15 is 0 Å². The van der Waals surface area contributed by atoms with Gasteiger partial charge in [-0.25, -0.2) is 8.78 Å². The summed E-state index contributed by atoms with van der Waals surface area (Å²) in [5.41, 5.74) is 1.94. The normalized spacial score (nSPS) is 11.4. The summed E-state index contributed by atoms with van der Waals surface area (Å²) in [7, 11) is 0. The maximum absolute atomic E-state index is 13.2. The zero-order valence-electron chi connectivity index (χ0n) is 9.83. The Morgan fingerprint density at radius 2 is 1.63 bits per heavy atom. The summed E-state index contributed by atoms with van der Waals surface area (Å²) < 4.78 is 26.3. The lowest BCUT2D eigenvalue weighted by molar-refractivity contribution is 0.147. The van der Waals surface area contributed by atoms with Crippen LogP contribution in [0.1, 0.15) is 12.1 Å². The van der Waals surface area contributed by atoms with E-state index in [1.165, 1.54) is 0 Å². The van der Waals surface area contributed by atoms with Gasteiger partial charge in [-0.2, -0.15) is 0 Å². The summed E-state index contributed by atoms with van der Waals surface area (Å²) in [5.74, 6) is 0. The van der Waals surface area contributed by atoms with Crippen molar-refractivity contribution in [2.24, 2.45) is 0 Å². The Kier molecular flexibility index (Phi) is 2.99. The van der Waals surface area contributed by atoms with Crippen LogP contribution in [0.15, 0.2) is 48.5 Å². The van der Waals surface area contributed by atoms with Gasteiger partial charge in [0.2, 0.25) is 0 Å². The van der Waals surface area contributed by atoms with Crippen molar-refractivity contribution in [1.82, 2.24) is 4.98 Å². The Morgan fingerprint density at radius 3 is 2.32 bits per heavy atom. The molecule has 1 nitrogen and oxygen atoms in total. The van der Waals surface area contributed by atoms with Crippen LogP contribution in [0.3, 0.4) is 0 Å². The van der Waals surface area contributed by atoms with Gasteiger partial charge >= 0.3 is 0 Å². The number of benzene rings is 2. The Hall–Kier alpha value is -1.87. The number of aromatic nitrogens is 1. The van der Waals surface area contributed by atoms with Crippen LogP contribution in [-0.2, 0) is 0 Å². The Morgan fingerprint density at radius 1 is 0.947 bits per heavy atom. The van der Waals surface area contributed by atoms with Gasteiger partial charge in [-0.15, -0.1) is 0 Å². The van der Waals surface area contributed by atoms with Crippen LogP contribution in [0.2, 0.25) is 5.02 Å². The molecule has 0 aliphatic heterocycles. The maximum Gasteiger partial charge on any atom is 0.278 e. The van der Waals surface area contributed by atoms with Gasteiger partial charge < -0.3 is 4.98 Å². The monoisotopic (exact) mass is 277 g/mol. The molecule has 0 amide bonds. The second-order valence-electron chi connectivity index (χ2n) is 4.27. The van der Waals surface area contributed by atoms with Gasteiger partial charge in [0.25, 0.3) is 6.43 Å². The number of alkyl halides is 2. The Labute approximate surface area is 113 Å². The minimum absolute atomic E-state index is 0.0523. The number of aromatic amines is 1. The second-order valence-corrected chi connectivity index (χ2v) is 4.70. The number of para-hydroxylation sites is 1. The minimum Gasteiger partial charge on any atom is -0.353 e. The molecule has 19 heavy (non-hydrogen) atoms. The Bertz CT molecular complexity index is 717. The lowest BCUT2D eigenvalue weighted by Gasteiger charge is -2.04. The van der Waals surface area contributed by atoms with Crippen molar-refractivity contribution in [3.05, 3.63) is 59.2 Å². The van der Waals surface area contributed by atoms with E-state index in [-0.39, 0.29) is 5.69 Å². The third-order valence-corrected chi connectivity index (χ3v) is 3.34. The fourth-order valence-electron chi connectivity index (χ4n) is 2.25. The van der Waals surface area contributed by atoms with E-state index in [2.05, 4.69) is 4.98 Å². The van der Waals surface area contributed by atoms with Gasteiger partial charge in [-0.3, -0.25) is 0 Å². The van der Waals surface area contributed by atoms with Gasteiger partial charge in [0.15, 0.2) is 0 Å². The van der Waals surface area contributed by atoms with Crippen molar-refractivity contribution in [3.8, 4) is 11.1 Å². The fourth-order valence-corrected chi connectivity index (χ4v) is 2.38. The number of H-pyrrole nitrogens is 1. The summed E-state index contributed by atoms with van der Waals surface area (Å²) in [5, 5.41) is 1.38. The van der Waals surface area contributed by atoms with Crippen molar-refractivity contribution in [3.63, 3.8) is 0 Å². The van der Waals surface area contributed by atoms with Crippen molar-refractivity contribution in [1.29, 1.82) is 0 Å². The highest BCUT2D eigenvalue weighted by atomic mass is 35.5. The first-order valence-electron chi connectivity index (χ1n) is 5.81. The van der Waals surface area contributed by atoms with Crippen LogP contribution in [-0.4, -0.2) is 4.98 Å². The molecule has 0 unspecified atom stereocenters. The topological polar surface area (TPSA) is 15.8 Å². The summed E-state index contributed by atoms with van der Waals surface area (Å²) in [6, 6.07) is 14.2. The number of rotatable bonds is 2. The maximum atomic E-state index is 13.2. The van der Waals surface area contributed by atoms with Crippen LogP contribution in [0.5, 0.6) is 0 Å². The first-order chi connectivity index (χ1) is 9.16. The molecular weight excluding hydrogens is 268 g/mol. The first kappa shape index (κ1) is 12.2.